The molecule has 0 atom stereocenters. The van der Waals surface area contributed by atoms with Gasteiger partial charge in [0, 0.05) is 11.3 Å². The van der Waals surface area contributed by atoms with Gasteiger partial charge in [0.2, 0.25) is 5.89 Å². The van der Waals surface area contributed by atoms with Crippen molar-refractivity contribution < 1.29 is 13.6 Å². The highest BCUT2D eigenvalue weighted by Gasteiger charge is 2.12. The molecule has 0 aliphatic carbocycles. The Balaban J connectivity index is 1.62. The Morgan fingerprint density at radius 1 is 1.16 bits per heavy atom. The topological polar surface area (TPSA) is 67.2 Å². The average molecular weight is 339 g/mol. The number of rotatable bonds is 4. The van der Waals surface area contributed by atoms with Crippen LogP contribution in [0.3, 0.4) is 0 Å². The van der Waals surface area contributed by atoms with Gasteiger partial charge in [-0.1, -0.05) is 24.3 Å². The highest BCUT2D eigenvalue weighted by atomic mass is 19.1. The number of oxazole rings is 1. The Hall–Kier alpha value is -3.15. The van der Waals surface area contributed by atoms with E-state index in [1.807, 2.05) is 30.3 Å². The molecule has 0 aliphatic rings. The number of hydrogen-bond donors (Lipinski definition) is 2. The van der Waals surface area contributed by atoms with Crippen LogP contribution in [-0.2, 0) is 6.54 Å². The summed E-state index contributed by atoms with van der Waals surface area (Å²) in [4.78, 5) is 16.4. The van der Waals surface area contributed by atoms with Crippen LogP contribution in [0.15, 0.2) is 52.9 Å². The number of urea groups is 1. The molecule has 0 unspecified atom stereocenters. The van der Waals surface area contributed by atoms with Crippen LogP contribution in [0.4, 0.5) is 14.9 Å². The average Bonchev–Trinajstić information content (AvgIpc) is 2.98. The van der Waals surface area contributed by atoms with E-state index in [-0.39, 0.29) is 12.4 Å². The Morgan fingerprint density at radius 3 is 2.64 bits per heavy atom. The molecule has 0 spiro atoms. The lowest BCUT2D eigenvalue weighted by atomic mass is 10.2. The summed E-state index contributed by atoms with van der Waals surface area (Å²) in [6, 6.07) is 13.6. The van der Waals surface area contributed by atoms with Crippen LogP contribution >= 0.6 is 0 Å². The first-order valence-corrected chi connectivity index (χ1v) is 7.85. The molecule has 0 saturated carbocycles. The van der Waals surface area contributed by atoms with Crippen LogP contribution in [0.5, 0.6) is 0 Å². The smallest absolute Gasteiger partial charge is 0.319 e. The van der Waals surface area contributed by atoms with Gasteiger partial charge in [-0.15, -0.1) is 0 Å². The monoisotopic (exact) mass is 339 g/mol. The molecule has 0 aliphatic heterocycles. The van der Waals surface area contributed by atoms with Gasteiger partial charge in [-0.2, -0.15) is 0 Å². The fourth-order valence-electron chi connectivity index (χ4n) is 2.31. The number of aromatic nitrogens is 1. The van der Waals surface area contributed by atoms with Gasteiger partial charge in [0.15, 0.2) is 0 Å². The molecule has 1 heterocycles. The Labute approximate surface area is 144 Å². The molecule has 0 radical (unpaired) electrons. The van der Waals surface area contributed by atoms with Crippen molar-refractivity contribution in [2.24, 2.45) is 0 Å². The molecule has 25 heavy (non-hydrogen) atoms. The third-order valence-electron chi connectivity index (χ3n) is 3.76. The minimum atomic E-state index is -0.438. The summed E-state index contributed by atoms with van der Waals surface area (Å²) in [7, 11) is 0. The fraction of sp³-hybridized carbons (Fsp3) is 0.158. The van der Waals surface area contributed by atoms with Gasteiger partial charge in [-0.3, -0.25) is 0 Å². The summed E-state index contributed by atoms with van der Waals surface area (Å²) in [5.41, 5.74) is 2.43. The molecule has 2 amide bonds. The molecule has 6 heteroatoms. The van der Waals surface area contributed by atoms with E-state index in [0.29, 0.717) is 28.6 Å². The molecule has 3 rings (SSSR count). The van der Waals surface area contributed by atoms with E-state index < -0.39 is 6.03 Å². The van der Waals surface area contributed by atoms with Gasteiger partial charge in [0.1, 0.15) is 17.3 Å². The first-order chi connectivity index (χ1) is 12.0. The first-order valence-electron chi connectivity index (χ1n) is 7.85. The van der Waals surface area contributed by atoms with Gasteiger partial charge in [-0.05, 0) is 43.7 Å². The van der Waals surface area contributed by atoms with E-state index in [1.165, 1.54) is 6.07 Å². The number of anilines is 1. The number of halogens is 1. The zero-order valence-corrected chi connectivity index (χ0v) is 14.0. The van der Waals surface area contributed by atoms with Crippen molar-refractivity contribution in [3.8, 4) is 11.5 Å². The van der Waals surface area contributed by atoms with E-state index in [0.717, 1.165) is 5.56 Å². The second kappa shape index (κ2) is 7.17. The lowest BCUT2D eigenvalue weighted by Gasteiger charge is -2.07. The molecular weight excluding hydrogens is 321 g/mol. The second-order valence-electron chi connectivity index (χ2n) is 5.66. The Morgan fingerprint density at radius 2 is 1.92 bits per heavy atom. The quantitative estimate of drug-likeness (QED) is 0.739. The van der Waals surface area contributed by atoms with Crippen molar-refractivity contribution in [1.82, 2.24) is 10.3 Å². The summed E-state index contributed by atoms with van der Waals surface area (Å²) < 4.78 is 19.2. The molecular formula is C19H18FN3O2. The molecule has 3 aromatic rings. The van der Waals surface area contributed by atoms with Gasteiger partial charge in [-0.25, -0.2) is 14.2 Å². The number of amides is 2. The molecule has 0 fully saturated rings. The third-order valence-corrected chi connectivity index (χ3v) is 3.76. The van der Waals surface area contributed by atoms with Crippen molar-refractivity contribution in [2.45, 2.75) is 20.4 Å². The van der Waals surface area contributed by atoms with E-state index in [9.17, 15) is 9.18 Å². The van der Waals surface area contributed by atoms with Crippen molar-refractivity contribution in [1.29, 1.82) is 0 Å². The molecule has 0 saturated heterocycles. The largest absolute Gasteiger partial charge is 0.441 e. The van der Waals surface area contributed by atoms with E-state index >= 15 is 0 Å². The number of nitrogens with one attached hydrogen (secondary N) is 2. The number of nitrogens with zero attached hydrogens (tertiary/aromatic N) is 1. The van der Waals surface area contributed by atoms with Crippen molar-refractivity contribution in [3.63, 3.8) is 0 Å². The summed E-state index contributed by atoms with van der Waals surface area (Å²) in [5, 5.41) is 5.28. The van der Waals surface area contributed by atoms with Crippen LogP contribution < -0.4 is 10.6 Å². The van der Waals surface area contributed by atoms with Crippen molar-refractivity contribution in [3.05, 3.63) is 71.4 Å². The standard InChI is InChI=1S/C19H18FN3O2/c1-12-8-9-15(10-16(12)20)22-19(24)21-11-17-13(2)25-18(23-17)14-6-4-3-5-7-14/h3-10H,11H2,1-2H3,(H2,21,22,24). The van der Waals surface area contributed by atoms with E-state index in [2.05, 4.69) is 15.6 Å². The zero-order chi connectivity index (χ0) is 17.8. The zero-order valence-electron chi connectivity index (χ0n) is 14.0. The molecule has 5 nitrogen and oxygen atoms in total. The third kappa shape index (κ3) is 4.03. The maximum atomic E-state index is 13.5. The molecule has 128 valence electrons. The number of benzene rings is 2. The minimum Gasteiger partial charge on any atom is -0.441 e. The Bertz CT molecular complexity index is 891. The van der Waals surface area contributed by atoms with Crippen LogP contribution in [0.25, 0.3) is 11.5 Å². The summed E-state index contributed by atoms with van der Waals surface area (Å²) in [5.74, 6) is 0.786. The fourth-order valence-corrected chi connectivity index (χ4v) is 2.31. The number of hydrogen-bond acceptors (Lipinski definition) is 3. The maximum absolute atomic E-state index is 13.5. The normalized spacial score (nSPS) is 10.5. The lowest BCUT2D eigenvalue weighted by Crippen LogP contribution is -2.28. The Kier molecular flexibility index (Phi) is 4.79. The summed E-state index contributed by atoms with van der Waals surface area (Å²) >= 11 is 0. The highest BCUT2D eigenvalue weighted by molar-refractivity contribution is 5.89. The molecule has 2 aromatic carbocycles. The summed E-state index contributed by atoms with van der Waals surface area (Å²) in [6.07, 6.45) is 0. The van der Waals surface area contributed by atoms with E-state index in [4.69, 9.17) is 4.42 Å². The first kappa shape index (κ1) is 16.7. The van der Waals surface area contributed by atoms with Gasteiger partial charge in [0.25, 0.3) is 0 Å². The molecule has 0 bridgehead atoms. The maximum Gasteiger partial charge on any atom is 0.319 e. The number of carbonyl (C=O) groups is 1. The van der Waals surface area contributed by atoms with Crippen LogP contribution in [0.2, 0.25) is 0 Å². The predicted molar refractivity (Wildman–Crippen MR) is 93.7 cm³/mol. The predicted octanol–water partition coefficient (Wildman–Crippen LogP) is 4.42. The number of aryl methyl sites for hydroxylation is 2. The number of carbonyl (C=O) groups excluding carboxylic acids is 1. The van der Waals surface area contributed by atoms with Gasteiger partial charge >= 0.3 is 6.03 Å². The van der Waals surface area contributed by atoms with Crippen LogP contribution in [0, 0.1) is 19.7 Å². The lowest BCUT2D eigenvalue weighted by molar-refractivity contribution is 0.251. The SMILES string of the molecule is Cc1ccc(NC(=O)NCc2nc(-c3ccccc3)oc2C)cc1F. The van der Waals surface area contributed by atoms with Crippen LogP contribution in [0.1, 0.15) is 17.0 Å². The minimum absolute atomic E-state index is 0.211. The summed E-state index contributed by atoms with van der Waals surface area (Å²) in [6.45, 7) is 3.67. The second-order valence-corrected chi connectivity index (χ2v) is 5.66. The molecule has 2 N–H and O–H groups in total. The van der Waals surface area contributed by atoms with E-state index in [1.54, 1.807) is 26.0 Å². The van der Waals surface area contributed by atoms with Gasteiger partial charge < -0.3 is 15.1 Å². The molecule has 1 aromatic heterocycles. The highest BCUT2D eigenvalue weighted by Crippen LogP contribution is 2.21. The van der Waals surface area contributed by atoms with Crippen LogP contribution in [-0.4, -0.2) is 11.0 Å². The van der Waals surface area contributed by atoms with Crippen molar-refractivity contribution >= 4 is 11.7 Å². The van der Waals surface area contributed by atoms with Crippen molar-refractivity contribution in [2.75, 3.05) is 5.32 Å². The van der Waals surface area contributed by atoms with Gasteiger partial charge in [0.05, 0.1) is 6.54 Å².